The third kappa shape index (κ3) is 8.47. The van der Waals surface area contributed by atoms with Gasteiger partial charge in [0.15, 0.2) is 6.61 Å². The van der Waals surface area contributed by atoms with Gasteiger partial charge < -0.3 is 15.0 Å². The van der Waals surface area contributed by atoms with Gasteiger partial charge in [-0.05, 0) is 57.1 Å². The minimum atomic E-state index is -4.41. The van der Waals surface area contributed by atoms with Crippen LogP contribution in [0.2, 0.25) is 0 Å². The summed E-state index contributed by atoms with van der Waals surface area (Å²) in [6, 6.07) is 3.19. The van der Waals surface area contributed by atoms with E-state index in [0.29, 0.717) is 63.9 Å². The SMILES string of the molecule is Cc1ncc(/C=C/C(=O)NC2CCC(F)(CCN3CCc4ccc(OCC(F)(F)F)nc4CC3)CC2)cn1. The predicted molar refractivity (Wildman–Crippen MR) is 134 cm³/mol. The molecule has 1 aliphatic carbocycles. The number of nitrogens with zero attached hydrogens (tertiary/aromatic N) is 4. The zero-order valence-electron chi connectivity index (χ0n) is 21.4. The molecule has 2 aliphatic rings. The summed E-state index contributed by atoms with van der Waals surface area (Å²) in [5, 5.41) is 2.96. The van der Waals surface area contributed by atoms with Gasteiger partial charge in [-0.3, -0.25) is 4.79 Å². The molecule has 4 rings (SSSR count). The van der Waals surface area contributed by atoms with Crippen LogP contribution in [0, 0.1) is 6.92 Å². The second-order valence-corrected chi connectivity index (χ2v) is 10.1. The maximum absolute atomic E-state index is 15.6. The van der Waals surface area contributed by atoms with Crippen molar-refractivity contribution in [2.75, 3.05) is 26.2 Å². The molecule has 0 atom stereocenters. The number of carbonyl (C=O) groups excluding carboxylic acids is 1. The van der Waals surface area contributed by atoms with Crippen molar-refractivity contribution in [3.05, 3.63) is 53.2 Å². The van der Waals surface area contributed by atoms with E-state index < -0.39 is 18.5 Å². The number of alkyl halides is 4. The Labute approximate surface area is 219 Å². The second kappa shape index (κ2) is 12.2. The number of amides is 1. The number of hydrogen-bond acceptors (Lipinski definition) is 6. The highest BCUT2D eigenvalue weighted by Gasteiger charge is 2.36. The highest BCUT2D eigenvalue weighted by Crippen LogP contribution is 2.35. The van der Waals surface area contributed by atoms with Crippen molar-refractivity contribution in [1.82, 2.24) is 25.2 Å². The quantitative estimate of drug-likeness (QED) is 0.399. The minimum Gasteiger partial charge on any atom is -0.468 e. The van der Waals surface area contributed by atoms with E-state index in [9.17, 15) is 18.0 Å². The lowest BCUT2D eigenvalue weighted by Crippen LogP contribution is -2.42. The molecule has 1 saturated carbocycles. The first-order valence-corrected chi connectivity index (χ1v) is 12.9. The normalized spacial score (nSPS) is 22.6. The van der Waals surface area contributed by atoms with Gasteiger partial charge in [-0.2, -0.15) is 13.2 Å². The van der Waals surface area contributed by atoms with Gasteiger partial charge in [0.05, 0.1) is 0 Å². The summed E-state index contributed by atoms with van der Waals surface area (Å²) in [4.78, 5) is 26.9. The summed E-state index contributed by atoms with van der Waals surface area (Å²) in [7, 11) is 0. The van der Waals surface area contributed by atoms with Crippen molar-refractivity contribution in [1.29, 1.82) is 0 Å². The van der Waals surface area contributed by atoms with Crippen LogP contribution in [0.4, 0.5) is 17.6 Å². The molecule has 3 heterocycles. The van der Waals surface area contributed by atoms with Crippen LogP contribution in [0.3, 0.4) is 0 Å². The number of ether oxygens (including phenoxy) is 1. The number of fused-ring (bicyclic) bond motifs is 1. The van der Waals surface area contributed by atoms with Crippen molar-refractivity contribution in [3.63, 3.8) is 0 Å². The number of hydrogen-bond donors (Lipinski definition) is 1. The standard InChI is InChI=1S/C27H33F4N5O2/c1-19-32-16-20(17-33-19)2-4-24(37)34-22-6-10-26(28,11-7-22)12-15-36-13-8-21-3-5-25(35-23(21)9-14-36)38-18-27(29,30)31/h2-5,16-17,22H,6-15,18H2,1H3,(H,34,37)/b4-2+. The van der Waals surface area contributed by atoms with E-state index in [4.69, 9.17) is 4.74 Å². The average Bonchev–Trinajstić information content (AvgIpc) is 3.09. The lowest BCUT2D eigenvalue weighted by Gasteiger charge is -2.35. The molecule has 1 N–H and O–H groups in total. The smallest absolute Gasteiger partial charge is 0.422 e. The van der Waals surface area contributed by atoms with Gasteiger partial charge in [0.25, 0.3) is 0 Å². The minimum absolute atomic E-state index is 0.0271. The van der Waals surface area contributed by atoms with Gasteiger partial charge in [0, 0.05) is 67.9 Å². The van der Waals surface area contributed by atoms with Crippen LogP contribution in [-0.2, 0) is 17.6 Å². The van der Waals surface area contributed by atoms with E-state index in [-0.39, 0.29) is 17.8 Å². The van der Waals surface area contributed by atoms with E-state index in [0.717, 1.165) is 23.4 Å². The topological polar surface area (TPSA) is 80.2 Å². The lowest BCUT2D eigenvalue weighted by atomic mass is 9.81. The summed E-state index contributed by atoms with van der Waals surface area (Å²) in [6.07, 6.45) is 5.63. The zero-order valence-corrected chi connectivity index (χ0v) is 21.4. The number of aryl methyl sites for hydroxylation is 1. The van der Waals surface area contributed by atoms with Crippen LogP contribution in [0.15, 0.2) is 30.6 Å². The van der Waals surface area contributed by atoms with E-state index in [1.165, 1.54) is 12.1 Å². The summed E-state index contributed by atoms with van der Waals surface area (Å²) in [5.74, 6) is 0.417. The van der Waals surface area contributed by atoms with Crippen LogP contribution in [-0.4, -0.2) is 69.9 Å². The fourth-order valence-electron chi connectivity index (χ4n) is 4.87. The highest BCUT2D eigenvalue weighted by atomic mass is 19.4. The molecule has 0 bridgehead atoms. The summed E-state index contributed by atoms with van der Waals surface area (Å²) in [5.41, 5.74) is 1.19. The number of halogens is 4. The van der Waals surface area contributed by atoms with E-state index in [1.807, 2.05) is 0 Å². The van der Waals surface area contributed by atoms with Crippen LogP contribution < -0.4 is 10.1 Å². The molecule has 7 nitrogen and oxygen atoms in total. The molecular weight excluding hydrogens is 502 g/mol. The summed E-state index contributed by atoms with van der Waals surface area (Å²) in [6.45, 7) is 2.42. The molecule has 2 aromatic rings. The van der Waals surface area contributed by atoms with E-state index in [2.05, 4.69) is 25.2 Å². The van der Waals surface area contributed by atoms with Crippen LogP contribution in [0.1, 0.15) is 54.7 Å². The van der Waals surface area contributed by atoms with Gasteiger partial charge in [0.1, 0.15) is 11.5 Å². The number of pyridine rings is 1. The Balaban J connectivity index is 1.19. The number of aromatic nitrogens is 3. The lowest BCUT2D eigenvalue weighted by molar-refractivity contribution is -0.154. The van der Waals surface area contributed by atoms with Crippen molar-refractivity contribution < 1.29 is 27.1 Å². The second-order valence-electron chi connectivity index (χ2n) is 10.1. The molecule has 1 amide bonds. The highest BCUT2D eigenvalue weighted by molar-refractivity contribution is 5.91. The Morgan fingerprint density at radius 3 is 2.61 bits per heavy atom. The largest absolute Gasteiger partial charge is 0.468 e. The molecule has 1 aliphatic heterocycles. The average molecular weight is 536 g/mol. The van der Waals surface area contributed by atoms with Crippen molar-refractivity contribution in [2.45, 2.75) is 69.8 Å². The first-order valence-electron chi connectivity index (χ1n) is 12.9. The molecule has 1 fully saturated rings. The molecule has 38 heavy (non-hydrogen) atoms. The monoisotopic (exact) mass is 535 g/mol. The third-order valence-electron chi connectivity index (χ3n) is 7.12. The maximum Gasteiger partial charge on any atom is 0.422 e. The molecule has 206 valence electrons. The molecule has 2 aromatic heterocycles. The molecule has 0 radical (unpaired) electrons. The van der Waals surface area contributed by atoms with Crippen LogP contribution in [0.25, 0.3) is 6.08 Å². The van der Waals surface area contributed by atoms with Crippen molar-refractivity contribution >= 4 is 12.0 Å². The van der Waals surface area contributed by atoms with E-state index in [1.54, 1.807) is 31.5 Å². The first kappa shape index (κ1) is 27.9. The Bertz CT molecular complexity index is 1120. The summed E-state index contributed by atoms with van der Waals surface area (Å²) >= 11 is 0. The zero-order chi connectivity index (χ0) is 27.2. The fraction of sp³-hybridized carbons (Fsp3) is 0.556. The third-order valence-corrected chi connectivity index (χ3v) is 7.12. The predicted octanol–water partition coefficient (Wildman–Crippen LogP) is 4.39. The van der Waals surface area contributed by atoms with Gasteiger partial charge in [0.2, 0.25) is 11.8 Å². The Morgan fingerprint density at radius 1 is 1.18 bits per heavy atom. The summed E-state index contributed by atoms with van der Waals surface area (Å²) < 4.78 is 57.6. The Kier molecular flexibility index (Phi) is 8.96. The molecule has 0 saturated heterocycles. The molecule has 0 aromatic carbocycles. The van der Waals surface area contributed by atoms with Gasteiger partial charge in [-0.15, -0.1) is 0 Å². The fourth-order valence-corrected chi connectivity index (χ4v) is 4.87. The first-order chi connectivity index (χ1) is 18.1. The van der Waals surface area contributed by atoms with Crippen LogP contribution in [0.5, 0.6) is 5.88 Å². The maximum atomic E-state index is 15.6. The molecule has 11 heteroatoms. The van der Waals surface area contributed by atoms with Crippen molar-refractivity contribution in [2.24, 2.45) is 0 Å². The molecule has 0 spiro atoms. The Morgan fingerprint density at radius 2 is 1.89 bits per heavy atom. The molecular formula is C27H33F4N5O2. The van der Waals surface area contributed by atoms with Gasteiger partial charge in [-0.1, -0.05) is 6.07 Å². The van der Waals surface area contributed by atoms with Gasteiger partial charge >= 0.3 is 6.18 Å². The molecule has 0 unspecified atom stereocenters. The van der Waals surface area contributed by atoms with Crippen molar-refractivity contribution in [3.8, 4) is 5.88 Å². The van der Waals surface area contributed by atoms with E-state index >= 15 is 4.39 Å². The number of nitrogens with one attached hydrogen (secondary N) is 1. The van der Waals surface area contributed by atoms with Crippen LogP contribution >= 0.6 is 0 Å². The van der Waals surface area contributed by atoms with Gasteiger partial charge in [-0.25, -0.2) is 19.3 Å². The number of carbonyl (C=O) groups is 1. The Hall–Kier alpha value is -3.08. The number of rotatable bonds is 8.